The molecule has 0 radical (unpaired) electrons. The zero-order valence-corrected chi connectivity index (χ0v) is 14.0. The van der Waals surface area contributed by atoms with Gasteiger partial charge >= 0.3 is 0 Å². The number of thioether (sulfide) groups is 1. The molecule has 21 heavy (non-hydrogen) atoms. The van der Waals surface area contributed by atoms with Crippen LogP contribution in [0.2, 0.25) is 0 Å². The first kappa shape index (κ1) is 15.1. The van der Waals surface area contributed by atoms with Crippen LogP contribution in [-0.2, 0) is 6.42 Å². The monoisotopic (exact) mass is 321 g/mol. The quantitative estimate of drug-likeness (QED) is 0.855. The molecule has 0 saturated carbocycles. The molecular weight excluding hydrogens is 301 g/mol. The number of halogens is 1. The first-order valence-corrected chi connectivity index (χ1v) is 9.16. The Kier molecular flexibility index (Phi) is 4.67. The highest BCUT2D eigenvalue weighted by Crippen LogP contribution is 2.38. The summed E-state index contributed by atoms with van der Waals surface area (Å²) in [4.78, 5) is 3.61. The van der Waals surface area contributed by atoms with Gasteiger partial charge in [0.25, 0.3) is 0 Å². The second kappa shape index (κ2) is 6.51. The lowest BCUT2D eigenvalue weighted by Gasteiger charge is -2.29. The van der Waals surface area contributed by atoms with E-state index < -0.39 is 0 Å². The fraction of sp³-hybridized carbons (Fsp3) is 0.412. The molecule has 0 fully saturated rings. The van der Waals surface area contributed by atoms with Gasteiger partial charge in [-0.3, -0.25) is 0 Å². The Labute approximate surface area is 134 Å². The van der Waals surface area contributed by atoms with Crippen molar-refractivity contribution < 1.29 is 4.39 Å². The van der Waals surface area contributed by atoms with E-state index in [-0.39, 0.29) is 11.9 Å². The Morgan fingerprint density at radius 2 is 2.19 bits per heavy atom. The fourth-order valence-corrected chi connectivity index (χ4v) is 5.02. The van der Waals surface area contributed by atoms with Gasteiger partial charge < -0.3 is 5.32 Å². The molecule has 112 valence electrons. The SMILES string of the molecule is Cc1ccc(CC(C)NC2CCSc3c(F)cccc32)s1. The van der Waals surface area contributed by atoms with E-state index >= 15 is 0 Å². The molecule has 0 bridgehead atoms. The van der Waals surface area contributed by atoms with Gasteiger partial charge in [-0.15, -0.1) is 23.1 Å². The fourth-order valence-electron chi connectivity index (χ4n) is 2.86. The summed E-state index contributed by atoms with van der Waals surface area (Å²) >= 11 is 3.50. The summed E-state index contributed by atoms with van der Waals surface area (Å²) in [6, 6.07) is 10.5. The lowest BCUT2D eigenvalue weighted by Crippen LogP contribution is -2.33. The van der Waals surface area contributed by atoms with Crippen molar-refractivity contribution in [3.8, 4) is 0 Å². The summed E-state index contributed by atoms with van der Waals surface area (Å²) in [5, 5.41) is 3.69. The van der Waals surface area contributed by atoms with E-state index in [0.29, 0.717) is 6.04 Å². The number of aryl methyl sites for hydroxylation is 1. The summed E-state index contributed by atoms with van der Waals surface area (Å²) < 4.78 is 13.9. The van der Waals surface area contributed by atoms with E-state index in [0.717, 1.165) is 29.1 Å². The predicted molar refractivity (Wildman–Crippen MR) is 89.8 cm³/mol. The summed E-state index contributed by atoms with van der Waals surface area (Å²) in [5.41, 5.74) is 1.13. The highest BCUT2D eigenvalue weighted by Gasteiger charge is 2.24. The molecule has 1 N–H and O–H groups in total. The molecule has 4 heteroatoms. The summed E-state index contributed by atoms with van der Waals surface area (Å²) in [6.07, 6.45) is 2.10. The van der Waals surface area contributed by atoms with E-state index in [2.05, 4.69) is 37.4 Å². The van der Waals surface area contributed by atoms with Gasteiger partial charge in [-0.25, -0.2) is 4.39 Å². The van der Waals surface area contributed by atoms with E-state index in [1.165, 1.54) is 9.75 Å². The van der Waals surface area contributed by atoms with Gasteiger partial charge in [0.2, 0.25) is 0 Å². The first-order chi connectivity index (χ1) is 10.1. The van der Waals surface area contributed by atoms with Gasteiger partial charge in [-0.05, 0) is 56.2 Å². The van der Waals surface area contributed by atoms with Crippen molar-refractivity contribution in [1.82, 2.24) is 5.32 Å². The number of hydrogen-bond acceptors (Lipinski definition) is 3. The van der Waals surface area contributed by atoms with Crippen molar-refractivity contribution in [2.45, 2.75) is 43.7 Å². The van der Waals surface area contributed by atoms with Crippen LogP contribution in [0, 0.1) is 12.7 Å². The van der Waals surface area contributed by atoms with Crippen LogP contribution in [0.1, 0.15) is 34.7 Å². The normalized spacial score (nSPS) is 19.3. The summed E-state index contributed by atoms with van der Waals surface area (Å²) in [5.74, 6) is 0.904. The van der Waals surface area contributed by atoms with Gasteiger partial charge in [0.15, 0.2) is 0 Å². The molecule has 1 aromatic heterocycles. The maximum absolute atomic E-state index is 13.9. The third-order valence-electron chi connectivity index (χ3n) is 3.81. The molecule has 1 aliphatic heterocycles. The molecule has 2 unspecified atom stereocenters. The molecular formula is C17H20FNS2. The Morgan fingerprint density at radius 1 is 1.33 bits per heavy atom. The maximum atomic E-state index is 13.9. The van der Waals surface area contributed by atoms with Crippen LogP contribution >= 0.6 is 23.1 Å². The smallest absolute Gasteiger partial charge is 0.137 e. The molecule has 0 amide bonds. The third-order valence-corrected chi connectivity index (χ3v) is 6.00. The molecule has 3 rings (SSSR count). The van der Waals surface area contributed by atoms with Crippen LogP contribution < -0.4 is 5.32 Å². The minimum atomic E-state index is -0.0782. The molecule has 1 nitrogen and oxygen atoms in total. The Balaban J connectivity index is 1.70. The molecule has 1 aromatic carbocycles. The molecule has 0 aliphatic carbocycles. The number of rotatable bonds is 4. The first-order valence-electron chi connectivity index (χ1n) is 7.36. The lowest BCUT2D eigenvalue weighted by atomic mass is 10.0. The van der Waals surface area contributed by atoms with Gasteiger partial charge in [0, 0.05) is 26.7 Å². The van der Waals surface area contributed by atoms with Crippen molar-refractivity contribution in [1.29, 1.82) is 0 Å². The summed E-state index contributed by atoms with van der Waals surface area (Å²) in [7, 11) is 0. The van der Waals surface area contributed by atoms with Crippen LogP contribution in [0.15, 0.2) is 35.2 Å². The minimum absolute atomic E-state index is 0.0782. The Morgan fingerprint density at radius 3 is 2.95 bits per heavy atom. The number of fused-ring (bicyclic) bond motifs is 1. The number of nitrogens with one attached hydrogen (secondary N) is 1. The third kappa shape index (κ3) is 3.50. The van der Waals surface area contributed by atoms with Gasteiger partial charge in [0.1, 0.15) is 5.82 Å². The Hall–Kier alpha value is -0.840. The number of hydrogen-bond donors (Lipinski definition) is 1. The Bertz CT molecular complexity index is 623. The van der Waals surface area contributed by atoms with Gasteiger partial charge in [-0.1, -0.05) is 12.1 Å². The zero-order chi connectivity index (χ0) is 14.8. The topological polar surface area (TPSA) is 12.0 Å². The summed E-state index contributed by atoms with van der Waals surface area (Å²) in [6.45, 7) is 4.36. The van der Waals surface area contributed by atoms with Crippen LogP contribution in [0.5, 0.6) is 0 Å². The number of benzene rings is 1. The van der Waals surface area contributed by atoms with Crippen molar-refractivity contribution >= 4 is 23.1 Å². The van der Waals surface area contributed by atoms with Crippen LogP contribution in [0.4, 0.5) is 4.39 Å². The highest BCUT2D eigenvalue weighted by molar-refractivity contribution is 7.99. The molecule has 2 heterocycles. The van der Waals surface area contributed by atoms with Crippen molar-refractivity contribution in [3.63, 3.8) is 0 Å². The average Bonchev–Trinajstić information content (AvgIpc) is 2.85. The predicted octanol–water partition coefficient (Wildman–Crippen LogP) is 4.95. The van der Waals surface area contributed by atoms with Gasteiger partial charge in [-0.2, -0.15) is 0 Å². The molecule has 0 spiro atoms. The molecule has 2 atom stereocenters. The second-order valence-corrected chi connectivity index (χ2v) is 8.11. The van der Waals surface area contributed by atoms with Gasteiger partial charge in [0.05, 0.1) is 0 Å². The zero-order valence-electron chi connectivity index (χ0n) is 12.4. The van der Waals surface area contributed by atoms with E-state index in [1.54, 1.807) is 17.8 Å². The molecule has 1 aliphatic rings. The van der Waals surface area contributed by atoms with Crippen LogP contribution in [0.3, 0.4) is 0 Å². The molecule has 0 saturated heterocycles. The van der Waals surface area contributed by atoms with Crippen molar-refractivity contribution in [2.75, 3.05) is 5.75 Å². The van der Waals surface area contributed by atoms with Crippen LogP contribution in [-0.4, -0.2) is 11.8 Å². The van der Waals surface area contributed by atoms with E-state index in [4.69, 9.17) is 0 Å². The lowest BCUT2D eigenvalue weighted by molar-refractivity contribution is 0.434. The highest BCUT2D eigenvalue weighted by atomic mass is 32.2. The maximum Gasteiger partial charge on any atom is 0.137 e. The second-order valence-electron chi connectivity index (χ2n) is 5.63. The standard InChI is InChI=1S/C17H20FNS2/c1-11(10-13-7-6-12(2)21-13)19-16-8-9-20-17-14(16)4-3-5-15(17)18/h3-7,11,16,19H,8-10H2,1-2H3. The largest absolute Gasteiger partial charge is 0.307 e. The van der Waals surface area contributed by atoms with E-state index in [9.17, 15) is 4.39 Å². The minimum Gasteiger partial charge on any atom is -0.307 e. The molecule has 2 aromatic rings. The van der Waals surface area contributed by atoms with Crippen molar-refractivity contribution in [3.05, 3.63) is 51.5 Å². The van der Waals surface area contributed by atoms with Crippen molar-refractivity contribution in [2.24, 2.45) is 0 Å². The average molecular weight is 321 g/mol. The van der Waals surface area contributed by atoms with Crippen LogP contribution in [0.25, 0.3) is 0 Å². The number of thiophene rings is 1. The van der Waals surface area contributed by atoms with E-state index in [1.807, 2.05) is 17.4 Å².